The van der Waals surface area contributed by atoms with Crippen molar-refractivity contribution in [2.75, 3.05) is 25.0 Å². The molecule has 154 valence electrons. The minimum Gasteiger partial charge on any atom is -0.357 e. The van der Waals surface area contributed by atoms with Crippen LogP contribution in [0.15, 0.2) is 40.8 Å². The minimum absolute atomic E-state index is 0. The fraction of sp³-hybridized carbons (Fsp3) is 0.450. The lowest BCUT2D eigenvalue weighted by Gasteiger charge is -2.21. The van der Waals surface area contributed by atoms with E-state index in [9.17, 15) is 4.79 Å². The van der Waals surface area contributed by atoms with E-state index >= 15 is 0 Å². The highest BCUT2D eigenvalue weighted by Crippen LogP contribution is 2.27. The highest BCUT2D eigenvalue weighted by molar-refractivity contribution is 14.0. The van der Waals surface area contributed by atoms with Gasteiger partial charge < -0.3 is 16.0 Å². The number of aryl methyl sites for hydroxylation is 1. The predicted molar refractivity (Wildman–Crippen MR) is 129 cm³/mol. The van der Waals surface area contributed by atoms with Gasteiger partial charge in [-0.2, -0.15) is 0 Å². The Labute approximate surface area is 188 Å². The topological polar surface area (TPSA) is 78.4 Å². The van der Waals surface area contributed by atoms with E-state index in [1.165, 1.54) is 4.88 Å². The number of nitrogens with one attached hydrogen (secondary N) is 3. The Bertz CT molecular complexity index is 744. The number of amides is 1. The van der Waals surface area contributed by atoms with Crippen LogP contribution in [0, 0.1) is 6.92 Å². The lowest BCUT2D eigenvalue weighted by atomic mass is 9.92. The molecule has 2 rings (SSSR count). The van der Waals surface area contributed by atoms with Crippen LogP contribution in [-0.2, 0) is 10.2 Å². The number of aliphatic imine (C=N–C) groups is 1. The van der Waals surface area contributed by atoms with Gasteiger partial charge in [-0.05, 0) is 36.9 Å². The molecule has 2 aromatic heterocycles. The van der Waals surface area contributed by atoms with Crippen molar-refractivity contribution in [1.29, 1.82) is 0 Å². The molecule has 0 aliphatic carbocycles. The maximum Gasteiger partial charge on any atom is 0.227 e. The summed E-state index contributed by atoms with van der Waals surface area (Å²) in [6.45, 7) is 10.3. The maximum absolute atomic E-state index is 12.1. The first-order valence-electron chi connectivity index (χ1n) is 9.19. The molecule has 3 N–H and O–H groups in total. The fourth-order valence-electron chi connectivity index (χ4n) is 2.40. The average molecular weight is 515 g/mol. The summed E-state index contributed by atoms with van der Waals surface area (Å²) in [5, 5.41) is 11.3. The van der Waals surface area contributed by atoms with Crippen LogP contribution in [-0.4, -0.2) is 36.5 Å². The van der Waals surface area contributed by atoms with Crippen molar-refractivity contribution in [1.82, 2.24) is 15.6 Å². The van der Waals surface area contributed by atoms with Gasteiger partial charge in [-0.25, -0.2) is 4.98 Å². The molecule has 28 heavy (non-hydrogen) atoms. The quantitative estimate of drug-likeness (QED) is 0.283. The van der Waals surface area contributed by atoms with Crippen LogP contribution in [0.25, 0.3) is 0 Å². The van der Waals surface area contributed by atoms with E-state index in [0.717, 1.165) is 18.1 Å². The first-order chi connectivity index (χ1) is 12.9. The summed E-state index contributed by atoms with van der Waals surface area (Å²) >= 11 is 1.75. The first kappa shape index (κ1) is 24.4. The molecule has 0 fully saturated rings. The van der Waals surface area contributed by atoms with Gasteiger partial charge in [0.15, 0.2) is 5.96 Å². The molecule has 0 aliphatic rings. The zero-order valence-corrected chi connectivity index (χ0v) is 20.1. The molecule has 0 aliphatic heterocycles. The second-order valence-electron chi connectivity index (χ2n) is 7.00. The van der Waals surface area contributed by atoms with Gasteiger partial charge in [0.25, 0.3) is 0 Å². The number of carbonyl (C=O) groups is 1. The lowest BCUT2D eigenvalue weighted by molar-refractivity contribution is -0.116. The number of anilines is 1. The van der Waals surface area contributed by atoms with Gasteiger partial charge in [-0.1, -0.05) is 26.0 Å². The molecule has 1 amide bonds. The van der Waals surface area contributed by atoms with Crippen LogP contribution < -0.4 is 16.0 Å². The lowest BCUT2D eigenvalue weighted by Crippen LogP contribution is -2.39. The molecular weight excluding hydrogens is 485 g/mol. The number of aromatic nitrogens is 1. The zero-order chi connectivity index (χ0) is 19.7. The molecule has 0 unspecified atom stereocenters. The fourth-order valence-corrected chi connectivity index (χ4v) is 3.25. The maximum atomic E-state index is 12.1. The van der Waals surface area contributed by atoms with Gasteiger partial charge in [-0.15, -0.1) is 35.3 Å². The molecular formula is C20H30IN5OS. The van der Waals surface area contributed by atoms with E-state index in [0.29, 0.717) is 25.3 Å². The molecule has 0 radical (unpaired) electrons. The van der Waals surface area contributed by atoms with Crippen LogP contribution in [0.2, 0.25) is 0 Å². The molecule has 2 aromatic rings. The van der Waals surface area contributed by atoms with Crippen LogP contribution in [0.4, 0.5) is 5.82 Å². The number of hydrogen-bond donors (Lipinski definition) is 3. The summed E-state index contributed by atoms with van der Waals surface area (Å²) in [7, 11) is 0. The first-order valence-corrected chi connectivity index (χ1v) is 10.1. The van der Waals surface area contributed by atoms with Crippen molar-refractivity contribution in [3.8, 4) is 0 Å². The average Bonchev–Trinajstić information content (AvgIpc) is 3.17. The molecule has 0 saturated carbocycles. The van der Waals surface area contributed by atoms with Crippen molar-refractivity contribution < 1.29 is 4.79 Å². The Morgan fingerprint density at radius 2 is 2.04 bits per heavy atom. The van der Waals surface area contributed by atoms with Crippen LogP contribution in [0.5, 0.6) is 0 Å². The van der Waals surface area contributed by atoms with E-state index in [1.807, 2.05) is 19.9 Å². The second kappa shape index (κ2) is 12.0. The van der Waals surface area contributed by atoms with Crippen molar-refractivity contribution >= 4 is 53.0 Å². The third-order valence-electron chi connectivity index (χ3n) is 3.99. The minimum atomic E-state index is -0.0754. The van der Waals surface area contributed by atoms with Gasteiger partial charge >= 0.3 is 0 Å². The summed E-state index contributed by atoms with van der Waals surface area (Å²) in [5.74, 6) is 1.22. The Hall–Kier alpha value is -1.68. The van der Waals surface area contributed by atoms with E-state index in [1.54, 1.807) is 23.6 Å². The molecule has 0 aromatic carbocycles. The number of pyridine rings is 1. The van der Waals surface area contributed by atoms with Crippen molar-refractivity contribution in [3.05, 3.63) is 46.3 Å². The van der Waals surface area contributed by atoms with Crippen molar-refractivity contribution in [2.24, 2.45) is 4.99 Å². The number of hydrogen-bond acceptors (Lipinski definition) is 4. The van der Waals surface area contributed by atoms with Crippen molar-refractivity contribution in [3.63, 3.8) is 0 Å². The number of carbonyl (C=O) groups excluding carboxylic acids is 1. The highest BCUT2D eigenvalue weighted by Gasteiger charge is 2.21. The van der Waals surface area contributed by atoms with Gasteiger partial charge in [0.2, 0.25) is 5.91 Å². The molecule has 0 spiro atoms. The second-order valence-corrected chi connectivity index (χ2v) is 7.95. The molecule has 6 nitrogen and oxygen atoms in total. The zero-order valence-electron chi connectivity index (χ0n) is 16.9. The monoisotopic (exact) mass is 515 g/mol. The smallest absolute Gasteiger partial charge is 0.227 e. The number of thiophene rings is 1. The van der Waals surface area contributed by atoms with E-state index in [2.05, 4.69) is 57.3 Å². The molecule has 2 heterocycles. The summed E-state index contributed by atoms with van der Waals surface area (Å²) in [5.41, 5.74) is 1.04. The number of nitrogens with zero attached hydrogens (tertiary/aromatic N) is 2. The third-order valence-corrected chi connectivity index (χ3v) is 5.22. The normalized spacial score (nSPS) is 11.5. The number of guanidine groups is 1. The van der Waals surface area contributed by atoms with E-state index < -0.39 is 0 Å². The molecule has 8 heteroatoms. The number of halogens is 1. The van der Waals surface area contributed by atoms with Gasteiger partial charge in [0.05, 0.1) is 6.54 Å². The van der Waals surface area contributed by atoms with Crippen LogP contribution in [0.1, 0.15) is 37.6 Å². The van der Waals surface area contributed by atoms with Crippen LogP contribution >= 0.6 is 35.3 Å². The molecule has 0 atom stereocenters. The Balaban J connectivity index is 0.00000392. The van der Waals surface area contributed by atoms with Crippen molar-refractivity contribution in [2.45, 2.75) is 39.5 Å². The predicted octanol–water partition coefficient (Wildman–Crippen LogP) is 3.93. The summed E-state index contributed by atoms with van der Waals surface area (Å²) in [6.07, 6.45) is 2.08. The Morgan fingerprint density at radius 3 is 2.64 bits per heavy atom. The standard InChI is InChI=1S/C20H29N5OS.HI/c1-5-21-19(24-14-20(3,4)16-7-6-12-27-16)22-11-10-18(26)25-17-9-8-15(2)13-23-17;/h6-9,12-13H,5,10-11,14H2,1-4H3,(H2,21,22,24)(H,23,25,26);1H. The van der Waals surface area contributed by atoms with Gasteiger partial charge in [0, 0.05) is 36.0 Å². The summed E-state index contributed by atoms with van der Waals surface area (Å²) < 4.78 is 0. The molecule has 0 bridgehead atoms. The van der Waals surface area contributed by atoms with Gasteiger partial charge in [0.1, 0.15) is 5.82 Å². The Morgan fingerprint density at radius 1 is 1.25 bits per heavy atom. The summed E-state index contributed by atoms with van der Waals surface area (Å²) in [4.78, 5) is 22.2. The van der Waals surface area contributed by atoms with E-state index in [-0.39, 0.29) is 35.3 Å². The van der Waals surface area contributed by atoms with E-state index in [4.69, 9.17) is 0 Å². The van der Waals surface area contributed by atoms with Crippen LogP contribution in [0.3, 0.4) is 0 Å². The highest BCUT2D eigenvalue weighted by atomic mass is 127. The summed E-state index contributed by atoms with van der Waals surface area (Å²) in [6, 6.07) is 7.94. The number of rotatable bonds is 8. The third kappa shape index (κ3) is 8.14. The largest absolute Gasteiger partial charge is 0.357 e. The van der Waals surface area contributed by atoms with Gasteiger partial charge in [-0.3, -0.25) is 9.79 Å². The SMILES string of the molecule is CCNC(=NCC(C)(C)c1cccs1)NCCC(=O)Nc1ccc(C)cn1.I. The Kier molecular flexibility index (Phi) is 10.4. The molecule has 0 saturated heterocycles.